The highest BCUT2D eigenvalue weighted by Crippen LogP contribution is 2.24. The molecule has 2 unspecified atom stereocenters. The van der Waals surface area contributed by atoms with Gasteiger partial charge in [-0.1, -0.05) is 13.0 Å². The van der Waals surface area contributed by atoms with Crippen LogP contribution in [0.4, 0.5) is 0 Å². The number of guanidine groups is 1. The second-order valence-corrected chi connectivity index (χ2v) is 6.43. The number of fused-ring (bicyclic) bond motifs is 1. The van der Waals surface area contributed by atoms with Crippen molar-refractivity contribution in [2.75, 3.05) is 33.8 Å². The predicted molar refractivity (Wildman–Crippen MR) is 96.5 cm³/mol. The Hall–Kier alpha value is -2.57. The summed E-state index contributed by atoms with van der Waals surface area (Å²) in [6.07, 6.45) is 4.85. The number of aromatic nitrogens is 2. The number of ether oxygens (including phenoxy) is 1. The quantitative estimate of drug-likeness (QED) is 0.513. The number of esters is 1. The molecular formula is C18H25N5O2. The van der Waals surface area contributed by atoms with Crippen molar-refractivity contribution in [1.82, 2.24) is 19.6 Å². The summed E-state index contributed by atoms with van der Waals surface area (Å²) >= 11 is 0. The first kappa shape index (κ1) is 17.3. The summed E-state index contributed by atoms with van der Waals surface area (Å²) in [5, 5.41) is 3.38. The minimum absolute atomic E-state index is 0.0954. The number of carbonyl (C=O) groups excluding carboxylic acids is 1. The molecule has 3 heterocycles. The minimum atomic E-state index is -0.143. The molecule has 2 aromatic heterocycles. The Labute approximate surface area is 147 Å². The molecule has 1 saturated heterocycles. The Balaban J connectivity index is 1.55. The van der Waals surface area contributed by atoms with Crippen LogP contribution in [0.2, 0.25) is 0 Å². The fourth-order valence-electron chi connectivity index (χ4n) is 3.34. The van der Waals surface area contributed by atoms with Crippen LogP contribution in [0.5, 0.6) is 0 Å². The number of nitrogens with one attached hydrogen (secondary N) is 1. The first-order valence-corrected chi connectivity index (χ1v) is 8.58. The highest BCUT2D eigenvalue weighted by molar-refractivity contribution is 5.82. The Morgan fingerprint density at radius 1 is 1.44 bits per heavy atom. The maximum absolute atomic E-state index is 11.8. The average Bonchev–Trinajstić information content (AvgIpc) is 3.21. The van der Waals surface area contributed by atoms with Crippen LogP contribution in [-0.4, -0.2) is 60.0 Å². The van der Waals surface area contributed by atoms with E-state index in [4.69, 9.17) is 4.74 Å². The van der Waals surface area contributed by atoms with Gasteiger partial charge in [0, 0.05) is 45.5 Å². The number of pyridine rings is 1. The molecular weight excluding hydrogens is 318 g/mol. The van der Waals surface area contributed by atoms with Crippen molar-refractivity contribution in [3.05, 3.63) is 36.3 Å². The van der Waals surface area contributed by atoms with E-state index in [0.29, 0.717) is 6.54 Å². The maximum Gasteiger partial charge on any atom is 0.310 e. The van der Waals surface area contributed by atoms with Gasteiger partial charge in [0.1, 0.15) is 5.65 Å². The topological polar surface area (TPSA) is 71.2 Å². The summed E-state index contributed by atoms with van der Waals surface area (Å²) < 4.78 is 6.92. The van der Waals surface area contributed by atoms with Crippen molar-refractivity contribution in [2.45, 2.75) is 13.3 Å². The van der Waals surface area contributed by atoms with Crippen molar-refractivity contribution in [3.63, 3.8) is 0 Å². The van der Waals surface area contributed by atoms with Crippen molar-refractivity contribution in [1.29, 1.82) is 0 Å². The number of aliphatic imine (C=N–C) groups is 1. The minimum Gasteiger partial charge on any atom is -0.469 e. The monoisotopic (exact) mass is 343 g/mol. The van der Waals surface area contributed by atoms with E-state index in [1.165, 1.54) is 7.11 Å². The van der Waals surface area contributed by atoms with Crippen molar-refractivity contribution < 1.29 is 9.53 Å². The molecule has 25 heavy (non-hydrogen) atoms. The number of methoxy groups -OCH3 is 1. The summed E-state index contributed by atoms with van der Waals surface area (Å²) in [7, 11) is 3.21. The molecule has 0 spiro atoms. The number of imidazole rings is 1. The standard InChI is InChI=1S/C18H25N5O2/c1-13-10-23(12-15(13)17(24)25-3)18(19-2)20-8-7-14-11-22-9-5-4-6-16(22)21-14/h4-6,9,11,13,15H,7-8,10,12H2,1-3H3,(H,19,20). The lowest BCUT2D eigenvalue weighted by Gasteiger charge is -2.21. The average molecular weight is 343 g/mol. The lowest BCUT2D eigenvalue weighted by atomic mass is 9.99. The first-order valence-electron chi connectivity index (χ1n) is 8.58. The zero-order valence-electron chi connectivity index (χ0n) is 15.0. The van der Waals surface area contributed by atoms with E-state index in [-0.39, 0.29) is 17.8 Å². The summed E-state index contributed by atoms with van der Waals surface area (Å²) in [5.41, 5.74) is 1.99. The van der Waals surface area contributed by atoms with E-state index in [0.717, 1.165) is 36.8 Å². The number of hydrogen-bond donors (Lipinski definition) is 1. The van der Waals surface area contributed by atoms with E-state index >= 15 is 0 Å². The second-order valence-electron chi connectivity index (χ2n) is 6.43. The highest BCUT2D eigenvalue weighted by Gasteiger charge is 2.36. The molecule has 7 heteroatoms. The van der Waals surface area contributed by atoms with E-state index in [9.17, 15) is 4.79 Å². The molecule has 0 aliphatic carbocycles. The highest BCUT2D eigenvalue weighted by atomic mass is 16.5. The van der Waals surface area contributed by atoms with E-state index < -0.39 is 0 Å². The third-order valence-corrected chi connectivity index (χ3v) is 4.71. The predicted octanol–water partition coefficient (Wildman–Crippen LogP) is 1.19. The molecule has 1 aliphatic heterocycles. The van der Waals surface area contributed by atoms with Gasteiger partial charge in [0.2, 0.25) is 0 Å². The van der Waals surface area contributed by atoms with Crippen LogP contribution >= 0.6 is 0 Å². The molecule has 0 aromatic carbocycles. The van der Waals surface area contributed by atoms with Crippen molar-refractivity contribution >= 4 is 17.6 Å². The molecule has 2 atom stereocenters. The van der Waals surface area contributed by atoms with E-state index in [2.05, 4.69) is 27.1 Å². The van der Waals surface area contributed by atoms with Gasteiger partial charge in [0.05, 0.1) is 18.7 Å². The fraction of sp³-hybridized carbons (Fsp3) is 0.500. The summed E-state index contributed by atoms with van der Waals surface area (Å²) in [6.45, 7) is 4.26. The third-order valence-electron chi connectivity index (χ3n) is 4.71. The molecule has 1 N–H and O–H groups in total. The van der Waals surface area contributed by atoms with E-state index in [1.54, 1.807) is 7.05 Å². The lowest BCUT2D eigenvalue weighted by molar-refractivity contribution is -0.145. The lowest BCUT2D eigenvalue weighted by Crippen LogP contribution is -2.41. The first-order chi connectivity index (χ1) is 12.1. The van der Waals surface area contributed by atoms with Gasteiger partial charge in [0.25, 0.3) is 0 Å². The zero-order valence-corrected chi connectivity index (χ0v) is 15.0. The van der Waals surface area contributed by atoms with E-state index in [1.807, 2.05) is 35.0 Å². The number of likely N-dealkylation sites (tertiary alicyclic amines) is 1. The molecule has 0 amide bonds. The summed E-state index contributed by atoms with van der Waals surface area (Å²) in [4.78, 5) is 22.9. The fourth-order valence-corrected chi connectivity index (χ4v) is 3.34. The van der Waals surface area contributed by atoms with Gasteiger partial charge in [-0.2, -0.15) is 0 Å². The molecule has 3 rings (SSSR count). The Morgan fingerprint density at radius 3 is 3.00 bits per heavy atom. The molecule has 0 saturated carbocycles. The number of rotatable bonds is 4. The van der Waals surface area contributed by atoms with Crippen molar-refractivity contribution in [3.8, 4) is 0 Å². The normalized spacial score (nSPS) is 20.9. The summed E-state index contributed by atoms with van der Waals surface area (Å²) in [6, 6.07) is 5.97. The number of hydrogen-bond acceptors (Lipinski definition) is 4. The molecule has 0 radical (unpaired) electrons. The van der Waals surface area contributed by atoms with Crippen LogP contribution in [0, 0.1) is 11.8 Å². The maximum atomic E-state index is 11.8. The number of nitrogens with zero attached hydrogens (tertiary/aromatic N) is 4. The molecule has 1 aliphatic rings. The molecule has 1 fully saturated rings. The van der Waals surface area contributed by atoms with Gasteiger partial charge in [-0.25, -0.2) is 4.98 Å². The van der Waals surface area contributed by atoms with Crippen LogP contribution in [-0.2, 0) is 16.0 Å². The van der Waals surface area contributed by atoms with Crippen LogP contribution in [0.1, 0.15) is 12.6 Å². The largest absolute Gasteiger partial charge is 0.469 e. The van der Waals surface area contributed by atoms with Gasteiger partial charge in [0.15, 0.2) is 5.96 Å². The SMILES string of the molecule is CN=C(NCCc1cn2ccccc2n1)N1CC(C)C(C(=O)OC)C1. The van der Waals surface area contributed by atoms with Gasteiger partial charge >= 0.3 is 5.97 Å². The van der Waals surface area contributed by atoms with Crippen LogP contribution in [0.3, 0.4) is 0 Å². The van der Waals surface area contributed by atoms with Crippen LogP contribution in [0.25, 0.3) is 5.65 Å². The molecule has 2 aromatic rings. The van der Waals surface area contributed by atoms with Gasteiger partial charge in [-0.05, 0) is 18.1 Å². The summed E-state index contributed by atoms with van der Waals surface area (Å²) in [5.74, 6) is 0.837. The van der Waals surface area contributed by atoms with Gasteiger partial charge in [-0.15, -0.1) is 0 Å². The molecule has 7 nitrogen and oxygen atoms in total. The Kier molecular flexibility index (Phi) is 5.21. The van der Waals surface area contributed by atoms with Gasteiger partial charge in [-0.3, -0.25) is 9.79 Å². The molecule has 134 valence electrons. The van der Waals surface area contributed by atoms with Crippen LogP contribution < -0.4 is 5.32 Å². The smallest absolute Gasteiger partial charge is 0.310 e. The van der Waals surface area contributed by atoms with Crippen LogP contribution in [0.15, 0.2) is 35.6 Å². The third kappa shape index (κ3) is 3.75. The Bertz CT molecular complexity index is 737. The zero-order chi connectivity index (χ0) is 17.8. The number of carbonyl (C=O) groups is 1. The Morgan fingerprint density at radius 2 is 2.28 bits per heavy atom. The van der Waals surface area contributed by atoms with Crippen molar-refractivity contribution in [2.24, 2.45) is 16.8 Å². The second kappa shape index (κ2) is 7.55. The van der Waals surface area contributed by atoms with Gasteiger partial charge < -0.3 is 19.4 Å². The molecule has 0 bridgehead atoms.